The summed E-state index contributed by atoms with van der Waals surface area (Å²) in [6.45, 7) is 8.23. The maximum atomic E-state index is 4.56. The number of aromatic nitrogens is 4. The van der Waals surface area contributed by atoms with Crippen LogP contribution in [0, 0.1) is 13.8 Å². The van der Waals surface area contributed by atoms with Gasteiger partial charge in [-0.25, -0.2) is 14.6 Å². The number of likely N-dealkylation sites (N-methyl/N-ethyl adjacent to an activating group) is 1. The van der Waals surface area contributed by atoms with E-state index < -0.39 is 0 Å². The van der Waals surface area contributed by atoms with E-state index >= 15 is 0 Å². The largest absolute Gasteiger partial charge is 0.317 e. The smallest absolute Gasteiger partial charge is 0.156 e. The molecule has 5 nitrogen and oxygen atoms in total. The van der Waals surface area contributed by atoms with Gasteiger partial charge in [0.25, 0.3) is 0 Å². The molecule has 2 aromatic heterocycles. The topological polar surface area (TPSA) is 55.6 Å². The number of nitrogens with one attached hydrogen (secondary N) is 1. The maximum absolute atomic E-state index is 4.56. The van der Waals surface area contributed by atoms with Gasteiger partial charge in [-0.2, -0.15) is 5.10 Å². The molecule has 0 aliphatic rings. The molecule has 2 aromatic rings. The molecule has 2 rings (SSSR count). The summed E-state index contributed by atoms with van der Waals surface area (Å²) in [5.41, 5.74) is 3.53. The minimum atomic E-state index is 0.820. The lowest BCUT2D eigenvalue weighted by Gasteiger charge is -2.04. The highest BCUT2D eigenvalue weighted by molar-refractivity contribution is 5.31. The van der Waals surface area contributed by atoms with Crippen LogP contribution in [-0.2, 0) is 6.42 Å². The molecule has 0 aliphatic carbocycles. The van der Waals surface area contributed by atoms with Crippen molar-refractivity contribution in [2.75, 3.05) is 13.1 Å². The second-order valence-electron chi connectivity index (χ2n) is 4.23. The van der Waals surface area contributed by atoms with E-state index in [1.165, 1.54) is 5.56 Å². The maximum Gasteiger partial charge on any atom is 0.156 e. The molecule has 5 heteroatoms. The van der Waals surface area contributed by atoms with Gasteiger partial charge in [-0.1, -0.05) is 6.92 Å². The van der Waals surface area contributed by atoms with Gasteiger partial charge in [0.15, 0.2) is 5.82 Å². The molecular formula is C13H19N5. The zero-order valence-electron chi connectivity index (χ0n) is 11.1. The van der Waals surface area contributed by atoms with E-state index in [4.69, 9.17) is 0 Å². The van der Waals surface area contributed by atoms with Crippen LogP contribution in [-0.4, -0.2) is 32.8 Å². The third kappa shape index (κ3) is 2.56. The Kier molecular flexibility index (Phi) is 4.04. The molecule has 0 aliphatic heterocycles. The van der Waals surface area contributed by atoms with Crippen LogP contribution in [0.5, 0.6) is 0 Å². The minimum absolute atomic E-state index is 0.820. The van der Waals surface area contributed by atoms with E-state index in [1.54, 1.807) is 12.5 Å². The van der Waals surface area contributed by atoms with Crippen molar-refractivity contribution in [3.05, 3.63) is 35.5 Å². The number of nitrogens with zero attached hydrogens (tertiary/aromatic N) is 4. The number of hydrogen-bond donors (Lipinski definition) is 1. The quantitative estimate of drug-likeness (QED) is 0.810. The summed E-state index contributed by atoms with van der Waals surface area (Å²) in [5, 5.41) is 7.90. The first-order valence-electron chi connectivity index (χ1n) is 6.26. The lowest BCUT2D eigenvalue weighted by molar-refractivity contribution is 0.712. The van der Waals surface area contributed by atoms with Gasteiger partial charge in [-0.3, -0.25) is 0 Å². The molecule has 18 heavy (non-hydrogen) atoms. The van der Waals surface area contributed by atoms with Crippen molar-refractivity contribution < 1.29 is 0 Å². The average Bonchev–Trinajstić information content (AvgIpc) is 2.68. The highest BCUT2D eigenvalue weighted by atomic mass is 15.3. The van der Waals surface area contributed by atoms with E-state index in [2.05, 4.69) is 34.2 Å². The summed E-state index contributed by atoms with van der Waals surface area (Å²) in [4.78, 5) is 8.16. The molecule has 1 N–H and O–H groups in total. The van der Waals surface area contributed by atoms with Gasteiger partial charge in [0.1, 0.15) is 6.33 Å². The van der Waals surface area contributed by atoms with E-state index in [0.717, 1.165) is 36.7 Å². The molecule has 0 saturated carbocycles. The Labute approximate surface area is 107 Å². The van der Waals surface area contributed by atoms with E-state index in [-0.39, 0.29) is 0 Å². The molecule has 96 valence electrons. The first-order valence-corrected chi connectivity index (χ1v) is 6.26. The van der Waals surface area contributed by atoms with Gasteiger partial charge in [0, 0.05) is 18.0 Å². The first kappa shape index (κ1) is 12.7. The fourth-order valence-corrected chi connectivity index (χ4v) is 2.06. The van der Waals surface area contributed by atoms with Crippen LogP contribution in [0.1, 0.15) is 23.9 Å². The number of hydrogen-bond acceptors (Lipinski definition) is 4. The Bertz CT molecular complexity index is 504. The minimum Gasteiger partial charge on any atom is -0.317 e. The Morgan fingerprint density at radius 3 is 2.83 bits per heavy atom. The van der Waals surface area contributed by atoms with Crippen molar-refractivity contribution in [1.82, 2.24) is 25.1 Å². The van der Waals surface area contributed by atoms with Crippen LogP contribution < -0.4 is 5.32 Å². The second kappa shape index (κ2) is 5.73. The van der Waals surface area contributed by atoms with Gasteiger partial charge >= 0.3 is 0 Å². The summed E-state index contributed by atoms with van der Waals surface area (Å²) < 4.78 is 1.89. The Balaban J connectivity index is 2.26. The van der Waals surface area contributed by atoms with Crippen LogP contribution in [0.2, 0.25) is 0 Å². The third-order valence-corrected chi connectivity index (χ3v) is 3.03. The summed E-state index contributed by atoms with van der Waals surface area (Å²) >= 11 is 0. The van der Waals surface area contributed by atoms with Crippen molar-refractivity contribution in [3.63, 3.8) is 0 Å². The molecule has 0 unspecified atom stereocenters. The van der Waals surface area contributed by atoms with E-state index in [0.29, 0.717) is 0 Å². The molecule has 2 heterocycles. The summed E-state index contributed by atoms with van der Waals surface area (Å²) in [6, 6.07) is 1.87. The molecule has 0 fully saturated rings. The molecular weight excluding hydrogens is 226 g/mol. The highest BCUT2D eigenvalue weighted by Crippen LogP contribution is 2.16. The van der Waals surface area contributed by atoms with Crippen molar-refractivity contribution in [2.24, 2.45) is 0 Å². The van der Waals surface area contributed by atoms with E-state index in [9.17, 15) is 0 Å². The average molecular weight is 245 g/mol. The number of aryl methyl sites for hydroxylation is 1. The van der Waals surface area contributed by atoms with E-state index in [1.807, 2.05) is 17.7 Å². The summed E-state index contributed by atoms with van der Waals surface area (Å²) in [7, 11) is 0. The van der Waals surface area contributed by atoms with Gasteiger partial charge in [0.05, 0.1) is 5.69 Å². The SMILES string of the molecule is CCNCCc1c(C)nn(-c2ccncn2)c1C. The molecule has 0 saturated heterocycles. The van der Waals surface area contributed by atoms with Gasteiger partial charge < -0.3 is 5.32 Å². The van der Waals surface area contributed by atoms with Crippen LogP contribution in [0.25, 0.3) is 5.82 Å². The molecule has 0 aromatic carbocycles. The van der Waals surface area contributed by atoms with Crippen molar-refractivity contribution in [1.29, 1.82) is 0 Å². The fraction of sp³-hybridized carbons (Fsp3) is 0.462. The summed E-state index contributed by atoms with van der Waals surface area (Å²) in [6.07, 6.45) is 4.28. The van der Waals surface area contributed by atoms with Crippen LogP contribution >= 0.6 is 0 Å². The predicted molar refractivity (Wildman–Crippen MR) is 70.9 cm³/mol. The van der Waals surface area contributed by atoms with Gasteiger partial charge in [-0.05, 0) is 38.9 Å². The fourth-order valence-electron chi connectivity index (χ4n) is 2.06. The summed E-state index contributed by atoms with van der Waals surface area (Å²) in [5.74, 6) is 0.820. The Morgan fingerprint density at radius 2 is 2.17 bits per heavy atom. The number of rotatable bonds is 5. The monoisotopic (exact) mass is 245 g/mol. The van der Waals surface area contributed by atoms with Crippen LogP contribution in [0.3, 0.4) is 0 Å². The highest BCUT2D eigenvalue weighted by Gasteiger charge is 2.12. The Hall–Kier alpha value is -1.75. The zero-order chi connectivity index (χ0) is 13.0. The molecule has 0 radical (unpaired) electrons. The third-order valence-electron chi connectivity index (χ3n) is 3.03. The lowest BCUT2D eigenvalue weighted by atomic mass is 10.1. The molecule has 0 spiro atoms. The molecule has 0 atom stereocenters. The predicted octanol–water partition coefficient (Wildman–Crippen LogP) is 1.43. The van der Waals surface area contributed by atoms with Crippen molar-refractivity contribution in [2.45, 2.75) is 27.2 Å². The standard InChI is InChI=1S/C13H19N5/c1-4-14-7-5-12-10(2)17-18(11(12)3)13-6-8-15-9-16-13/h6,8-9,14H,4-5,7H2,1-3H3. The zero-order valence-corrected chi connectivity index (χ0v) is 11.1. The Morgan fingerprint density at radius 1 is 1.33 bits per heavy atom. The van der Waals surface area contributed by atoms with Crippen LogP contribution in [0.15, 0.2) is 18.6 Å². The van der Waals surface area contributed by atoms with Crippen molar-refractivity contribution >= 4 is 0 Å². The van der Waals surface area contributed by atoms with Gasteiger partial charge in [-0.15, -0.1) is 0 Å². The van der Waals surface area contributed by atoms with Crippen molar-refractivity contribution in [3.8, 4) is 5.82 Å². The molecule has 0 bridgehead atoms. The van der Waals surface area contributed by atoms with Crippen LogP contribution in [0.4, 0.5) is 0 Å². The lowest BCUT2D eigenvalue weighted by Crippen LogP contribution is -2.16. The normalized spacial score (nSPS) is 10.8. The first-order chi connectivity index (χ1) is 8.74. The molecule has 0 amide bonds. The second-order valence-corrected chi connectivity index (χ2v) is 4.23. The van der Waals surface area contributed by atoms with Gasteiger partial charge in [0.2, 0.25) is 0 Å².